The third-order valence-corrected chi connectivity index (χ3v) is 4.24. The van der Waals surface area contributed by atoms with E-state index in [1.165, 1.54) is 0 Å². The third kappa shape index (κ3) is 6.49. The smallest absolute Gasteiger partial charge is 0.238 e. The van der Waals surface area contributed by atoms with Crippen LogP contribution in [0, 0.1) is 13.8 Å². The summed E-state index contributed by atoms with van der Waals surface area (Å²) in [6.45, 7) is 10.9. The second-order valence-electron chi connectivity index (χ2n) is 5.95. The summed E-state index contributed by atoms with van der Waals surface area (Å²) in [6, 6.07) is 4.07. The summed E-state index contributed by atoms with van der Waals surface area (Å²) < 4.78 is 1.05. The lowest BCUT2D eigenvalue weighted by molar-refractivity contribution is -0.117. The van der Waals surface area contributed by atoms with Gasteiger partial charge in [0.2, 0.25) is 5.91 Å². The van der Waals surface area contributed by atoms with E-state index in [-0.39, 0.29) is 5.91 Å². The van der Waals surface area contributed by atoms with E-state index in [2.05, 4.69) is 40.0 Å². The third-order valence-electron chi connectivity index (χ3n) is 3.78. The average molecular weight is 369 g/mol. The molecular formula is C18H29BrN2O. The predicted molar refractivity (Wildman–Crippen MR) is 98.5 cm³/mol. The first-order chi connectivity index (χ1) is 10.5. The molecule has 4 heteroatoms. The average Bonchev–Trinajstić information content (AvgIpc) is 2.45. The van der Waals surface area contributed by atoms with Crippen molar-refractivity contribution in [2.24, 2.45) is 0 Å². The minimum Gasteiger partial charge on any atom is -0.324 e. The van der Waals surface area contributed by atoms with Gasteiger partial charge in [-0.15, -0.1) is 0 Å². The summed E-state index contributed by atoms with van der Waals surface area (Å²) in [5.41, 5.74) is 3.13. The number of hydrogen-bond acceptors (Lipinski definition) is 2. The molecular weight excluding hydrogens is 340 g/mol. The van der Waals surface area contributed by atoms with Crippen molar-refractivity contribution in [2.75, 3.05) is 25.0 Å². The van der Waals surface area contributed by atoms with Gasteiger partial charge < -0.3 is 5.32 Å². The van der Waals surface area contributed by atoms with Crippen LogP contribution < -0.4 is 5.32 Å². The first kappa shape index (κ1) is 19.2. The number of rotatable bonds is 9. The number of nitrogens with one attached hydrogen (secondary N) is 1. The van der Waals surface area contributed by atoms with Gasteiger partial charge in [0.1, 0.15) is 0 Å². The van der Waals surface area contributed by atoms with Crippen LogP contribution in [0.25, 0.3) is 0 Å². The Morgan fingerprint density at radius 3 is 2.05 bits per heavy atom. The lowest BCUT2D eigenvalue weighted by atomic mass is 10.1. The normalized spacial score (nSPS) is 11.0. The lowest BCUT2D eigenvalue weighted by Crippen LogP contribution is -2.35. The molecule has 0 saturated heterocycles. The van der Waals surface area contributed by atoms with Gasteiger partial charge in [0.05, 0.1) is 6.54 Å². The fraction of sp³-hybridized carbons (Fsp3) is 0.611. The fourth-order valence-corrected chi connectivity index (χ4v) is 3.21. The van der Waals surface area contributed by atoms with E-state index in [0.717, 1.165) is 60.1 Å². The van der Waals surface area contributed by atoms with E-state index in [1.807, 2.05) is 26.0 Å². The van der Waals surface area contributed by atoms with Gasteiger partial charge in [0.15, 0.2) is 0 Å². The van der Waals surface area contributed by atoms with Gasteiger partial charge in [-0.05, 0) is 63.0 Å². The van der Waals surface area contributed by atoms with Crippen molar-refractivity contribution >= 4 is 27.5 Å². The fourth-order valence-electron chi connectivity index (χ4n) is 2.52. The van der Waals surface area contributed by atoms with E-state index in [4.69, 9.17) is 0 Å². The number of nitrogens with zero attached hydrogens (tertiary/aromatic N) is 1. The predicted octanol–water partition coefficient (Wildman–Crippen LogP) is 4.91. The zero-order valence-corrected chi connectivity index (χ0v) is 15.9. The SMILES string of the molecule is CCCCN(CCCC)CC(=O)Nc1c(C)cc(Br)cc1C. The monoisotopic (exact) mass is 368 g/mol. The van der Waals surface area contributed by atoms with Crippen molar-refractivity contribution in [1.82, 2.24) is 4.90 Å². The van der Waals surface area contributed by atoms with Gasteiger partial charge >= 0.3 is 0 Å². The molecule has 1 rings (SSSR count). The molecule has 1 aromatic rings. The summed E-state index contributed by atoms with van der Waals surface area (Å²) >= 11 is 3.49. The molecule has 0 aliphatic heterocycles. The van der Waals surface area contributed by atoms with Crippen molar-refractivity contribution in [1.29, 1.82) is 0 Å². The number of unbranched alkanes of at least 4 members (excludes halogenated alkanes) is 2. The highest BCUT2D eigenvalue weighted by Gasteiger charge is 2.12. The molecule has 124 valence electrons. The first-order valence-corrected chi connectivity index (χ1v) is 9.06. The Morgan fingerprint density at radius 2 is 1.59 bits per heavy atom. The molecule has 0 spiro atoms. The van der Waals surface area contributed by atoms with Gasteiger partial charge in [-0.1, -0.05) is 42.6 Å². The molecule has 0 aromatic heterocycles. The van der Waals surface area contributed by atoms with E-state index in [0.29, 0.717) is 6.54 Å². The van der Waals surface area contributed by atoms with Crippen LogP contribution in [0.2, 0.25) is 0 Å². The molecule has 0 atom stereocenters. The second kappa shape index (κ2) is 10.0. The number of hydrogen-bond donors (Lipinski definition) is 1. The van der Waals surface area contributed by atoms with Crippen molar-refractivity contribution in [2.45, 2.75) is 53.4 Å². The molecule has 0 unspecified atom stereocenters. The molecule has 0 aliphatic rings. The Labute approximate surface area is 143 Å². The highest BCUT2D eigenvalue weighted by molar-refractivity contribution is 9.10. The highest BCUT2D eigenvalue weighted by atomic mass is 79.9. The molecule has 22 heavy (non-hydrogen) atoms. The Balaban J connectivity index is 2.66. The van der Waals surface area contributed by atoms with Gasteiger partial charge in [0, 0.05) is 10.2 Å². The molecule has 0 aliphatic carbocycles. The maximum absolute atomic E-state index is 12.4. The lowest BCUT2D eigenvalue weighted by Gasteiger charge is -2.22. The standard InChI is InChI=1S/C18H29BrN2O/c1-5-7-9-21(10-8-6-2)13-17(22)20-18-14(3)11-16(19)12-15(18)4/h11-12H,5-10,13H2,1-4H3,(H,20,22). The molecule has 0 fully saturated rings. The number of halogens is 1. The zero-order valence-electron chi connectivity index (χ0n) is 14.3. The van der Waals surface area contributed by atoms with Gasteiger partial charge in [-0.2, -0.15) is 0 Å². The summed E-state index contributed by atoms with van der Waals surface area (Å²) in [5.74, 6) is 0.0840. The molecule has 0 saturated carbocycles. The number of amides is 1. The van der Waals surface area contributed by atoms with Crippen LogP contribution in [0.4, 0.5) is 5.69 Å². The van der Waals surface area contributed by atoms with E-state index in [1.54, 1.807) is 0 Å². The topological polar surface area (TPSA) is 32.3 Å². The van der Waals surface area contributed by atoms with Crippen LogP contribution in [0.5, 0.6) is 0 Å². The largest absolute Gasteiger partial charge is 0.324 e. The maximum atomic E-state index is 12.4. The molecule has 1 aromatic carbocycles. The Morgan fingerprint density at radius 1 is 1.09 bits per heavy atom. The molecule has 1 N–H and O–H groups in total. The molecule has 3 nitrogen and oxygen atoms in total. The van der Waals surface area contributed by atoms with Crippen LogP contribution >= 0.6 is 15.9 Å². The summed E-state index contributed by atoms with van der Waals surface area (Å²) in [6.07, 6.45) is 4.62. The Bertz CT molecular complexity index is 457. The number of anilines is 1. The summed E-state index contributed by atoms with van der Waals surface area (Å²) in [4.78, 5) is 14.6. The minimum atomic E-state index is 0.0840. The number of carbonyl (C=O) groups excluding carboxylic acids is 1. The van der Waals surface area contributed by atoms with Crippen LogP contribution in [-0.4, -0.2) is 30.4 Å². The van der Waals surface area contributed by atoms with Gasteiger partial charge in [-0.3, -0.25) is 9.69 Å². The molecule has 0 bridgehead atoms. The molecule has 1 amide bonds. The van der Waals surface area contributed by atoms with Crippen LogP contribution in [-0.2, 0) is 4.79 Å². The van der Waals surface area contributed by atoms with Gasteiger partial charge in [-0.25, -0.2) is 0 Å². The summed E-state index contributed by atoms with van der Waals surface area (Å²) in [5, 5.41) is 3.09. The van der Waals surface area contributed by atoms with E-state index in [9.17, 15) is 4.79 Å². The Kier molecular flexibility index (Phi) is 8.72. The van der Waals surface area contributed by atoms with Gasteiger partial charge in [0.25, 0.3) is 0 Å². The second-order valence-corrected chi connectivity index (χ2v) is 6.86. The Hall–Kier alpha value is -0.870. The van der Waals surface area contributed by atoms with Crippen LogP contribution in [0.1, 0.15) is 50.7 Å². The van der Waals surface area contributed by atoms with E-state index < -0.39 is 0 Å². The number of carbonyl (C=O) groups is 1. The zero-order chi connectivity index (χ0) is 16.5. The minimum absolute atomic E-state index is 0.0840. The maximum Gasteiger partial charge on any atom is 0.238 e. The van der Waals surface area contributed by atoms with Crippen molar-refractivity contribution in [3.05, 3.63) is 27.7 Å². The van der Waals surface area contributed by atoms with Crippen LogP contribution in [0.15, 0.2) is 16.6 Å². The van der Waals surface area contributed by atoms with Crippen LogP contribution in [0.3, 0.4) is 0 Å². The number of aryl methyl sites for hydroxylation is 2. The summed E-state index contributed by atoms with van der Waals surface area (Å²) in [7, 11) is 0. The highest BCUT2D eigenvalue weighted by Crippen LogP contribution is 2.25. The molecule has 0 radical (unpaired) electrons. The first-order valence-electron chi connectivity index (χ1n) is 8.26. The van der Waals surface area contributed by atoms with E-state index >= 15 is 0 Å². The molecule has 0 heterocycles. The van der Waals surface area contributed by atoms with Crippen molar-refractivity contribution < 1.29 is 4.79 Å². The quantitative estimate of drug-likeness (QED) is 0.671. The van der Waals surface area contributed by atoms with Crippen molar-refractivity contribution in [3.8, 4) is 0 Å². The van der Waals surface area contributed by atoms with Crippen molar-refractivity contribution in [3.63, 3.8) is 0 Å². The number of benzene rings is 1.